The number of hydrogen-bond acceptors (Lipinski definition) is 4. The van der Waals surface area contributed by atoms with Crippen molar-refractivity contribution in [2.75, 3.05) is 11.1 Å². The van der Waals surface area contributed by atoms with Crippen molar-refractivity contribution in [1.29, 1.82) is 0 Å². The Hall–Kier alpha value is -2.57. The van der Waals surface area contributed by atoms with E-state index < -0.39 is 0 Å². The van der Waals surface area contributed by atoms with Crippen molar-refractivity contribution in [1.82, 2.24) is 9.55 Å². The molecule has 2 aromatic heterocycles. The molecule has 0 radical (unpaired) electrons. The molecular formula is C21H19N3OS2. The number of fused-ring (bicyclic) bond motifs is 1. The van der Waals surface area contributed by atoms with Gasteiger partial charge in [0.15, 0.2) is 5.13 Å². The summed E-state index contributed by atoms with van der Waals surface area (Å²) in [5.41, 5.74) is 3.77. The van der Waals surface area contributed by atoms with E-state index in [4.69, 9.17) is 0 Å². The monoisotopic (exact) mass is 393 g/mol. The number of anilines is 1. The third kappa shape index (κ3) is 4.07. The highest BCUT2D eigenvalue weighted by molar-refractivity contribution is 8.00. The summed E-state index contributed by atoms with van der Waals surface area (Å²) < 4.78 is 2.26. The van der Waals surface area contributed by atoms with Crippen LogP contribution in [0.5, 0.6) is 0 Å². The Morgan fingerprint density at radius 1 is 1.19 bits per heavy atom. The maximum atomic E-state index is 12.2. The Morgan fingerprint density at radius 3 is 2.81 bits per heavy atom. The number of carbonyl (C=O) groups is 1. The van der Waals surface area contributed by atoms with E-state index in [1.165, 1.54) is 33.4 Å². The SMILES string of the molecule is Cc1ccccc1Cn1cc(SCC(=O)Nc2nccs2)c2ccccc21. The Labute approximate surface area is 166 Å². The van der Waals surface area contributed by atoms with Gasteiger partial charge in [-0.15, -0.1) is 23.1 Å². The number of thioether (sulfide) groups is 1. The zero-order valence-electron chi connectivity index (χ0n) is 14.9. The molecule has 27 heavy (non-hydrogen) atoms. The second-order valence-electron chi connectivity index (χ2n) is 6.24. The molecule has 0 spiro atoms. The maximum Gasteiger partial charge on any atom is 0.236 e. The first-order valence-electron chi connectivity index (χ1n) is 8.65. The van der Waals surface area contributed by atoms with Gasteiger partial charge in [0.1, 0.15) is 0 Å². The molecule has 1 N–H and O–H groups in total. The molecule has 0 saturated heterocycles. The summed E-state index contributed by atoms with van der Waals surface area (Å²) in [7, 11) is 0. The lowest BCUT2D eigenvalue weighted by Gasteiger charge is -2.08. The summed E-state index contributed by atoms with van der Waals surface area (Å²) in [6, 6.07) is 16.8. The van der Waals surface area contributed by atoms with Crippen LogP contribution in [0.25, 0.3) is 10.9 Å². The molecule has 0 bridgehead atoms. The second-order valence-corrected chi connectivity index (χ2v) is 8.15. The van der Waals surface area contributed by atoms with Gasteiger partial charge in [-0.3, -0.25) is 4.79 Å². The number of aromatic nitrogens is 2. The number of aryl methyl sites for hydroxylation is 1. The Bertz CT molecular complexity index is 1070. The third-order valence-electron chi connectivity index (χ3n) is 4.39. The van der Waals surface area contributed by atoms with Crippen LogP contribution in [-0.2, 0) is 11.3 Å². The minimum absolute atomic E-state index is 0.0364. The second kappa shape index (κ2) is 7.98. The van der Waals surface area contributed by atoms with Gasteiger partial charge in [-0.25, -0.2) is 4.98 Å². The lowest BCUT2D eigenvalue weighted by Crippen LogP contribution is -2.13. The maximum absolute atomic E-state index is 12.2. The van der Waals surface area contributed by atoms with Crippen LogP contribution in [0.1, 0.15) is 11.1 Å². The molecule has 0 atom stereocenters. The number of para-hydroxylation sites is 1. The standard InChI is InChI=1S/C21H19N3OS2/c1-15-6-2-3-7-16(15)12-24-13-19(17-8-4-5-9-18(17)24)27-14-20(25)23-21-22-10-11-26-21/h2-11,13H,12,14H2,1H3,(H,22,23,25). The Balaban J connectivity index is 1.54. The molecule has 0 aliphatic heterocycles. The van der Waals surface area contributed by atoms with E-state index in [1.54, 1.807) is 18.0 Å². The van der Waals surface area contributed by atoms with Crippen molar-refractivity contribution in [3.63, 3.8) is 0 Å². The van der Waals surface area contributed by atoms with E-state index in [9.17, 15) is 4.79 Å². The van der Waals surface area contributed by atoms with Gasteiger partial charge in [-0.2, -0.15) is 0 Å². The average Bonchev–Trinajstić information content (AvgIpc) is 3.30. The van der Waals surface area contributed by atoms with Crippen LogP contribution in [0.4, 0.5) is 5.13 Å². The van der Waals surface area contributed by atoms with Gasteiger partial charge in [-0.05, 0) is 24.1 Å². The lowest BCUT2D eigenvalue weighted by molar-refractivity contribution is -0.113. The van der Waals surface area contributed by atoms with Crippen LogP contribution in [-0.4, -0.2) is 21.2 Å². The molecule has 6 heteroatoms. The van der Waals surface area contributed by atoms with Crippen molar-refractivity contribution in [2.45, 2.75) is 18.4 Å². The van der Waals surface area contributed by atoms with E-state index in [1.807, 2.05) is 11.4 Å². The van der Waals surface area contributed by atoms with Crippen molar-refractivity contribution < 1.29 is 4.79 Å². The van der Waals surface area contributed by atoms with Crippen LogP contribution in [0.3, 0.4) is 0 Å². The number of amides is 1. The zero-order valence-corrected chi connectivity index (χ0v) is 16.5. The molecule has 0 aliphatic carbocycles. The predicted molar refractivity (Wildman–Crippen MR) is 114 cm³/mol. The van der Waals surface area contributed by atoms with Crippen LogP contribution < -0.4 is 5.32 Å². The highest BCUT2D eigenvalue weighted by atomic mass is 32.2. The summed E-state index contributed by atoms with van der Waals surface area (Å²) in [6.07, 6.45) is 3.84. The first-order valence-corrected chi connectivity index (χ1v) is 10.5. The smallest absolute Gasteiger partial charge is 0.236 e. The van der Waals surface area contributed by atoms with Crippen molar-refractivity contribution in [2.24, 2.45) is 0 Å². The quantitative estimate of drug-likeness (QED) is 0.459. The van der Waals surface area contributed by atoms with E-state index >= 15 is 0 Å². The van der Waals surface area contributed by atoms with Crippen molar-refractivity contribution in [3.05, 3.63) is 77.4 Å². The van der Waals surface area contributed by atoms with Crippen molar-refractivity contribution >= 4 is 45.0 Å². The van der Waals surface area contributed by atoms with E-state index in [0.29, 0.717) is 10.9 Å². The summed E-state index contributed by atoms with van der Waals surface area (Å²) in [5, 5.41) is 6.50. The average molecular weight is 394 g/mol. The molecule has 4 nitrogen and oxygen atoms in total. The molecule has 1 amide bonds. The molecule has 0 saturated carbocycles. The number of hydrogen-bond donors (Lipinski definition) is 1. The van der Waals surface area contributed by atoms with Crippen molar-refractivity contribution in [3.8, 4) is 0 Å². The van der Waals surface area contributed by atoms with Crippen LogP contribution in [0.15, 0.2) is 71.2 Å². The van der Waals surface area contributed by atoms with Gasteiger partial charge in [0, 0.05) is 40.1 Å². The fourth-order valence-corrected chi connectivity index (χ4v) is 4.45. The van der Waals surface area contributed by atoms with Crippen LogP contribution in [0, 0.1) is 6.92 Å². The first kappa shape index (κ1) is 17.8. The summed E-state index contributed by atoms with van der Waals surface area (Å²) in [5.74, 6) is 0.323. The number of benzene rings is 2. The number of rotatable bonds is 6. The van der Waals surface area contributed by atoms with Gasteiger partial charge in [0.25, 0.3) is 0 Å². The molecule has 2 heterocycles. The van der Waals surface area contributed by atoms with Gasteiger partial charge < -0.3 is 9.88 Å². The van der Waals surface area contributed by atoms with E-state index in [2.05, 4.69) is 70.5 Å². The number of nitrogens with zero attached hydrogens (tertiary/aromatic N) is 2. The molecule has 4 rings (SSSR count). The first-order chi connectivity index (χ1) is 13.2. The van der Waals surface area contributed by atoms with Gasteiger partial charge >= 0.3 is 0 Å². The highest BCUT2D eigenvalue weighted by Gasteiger charge is 2.12. The minimum Gasteiger partial charge on any atom is -0.342 e. The van der Waals surface area contributed by atoms with Gasteiger partial charge in [-0.1, -0.05) is 42.5 Å². The Kier molecular flexibility index (Phi) is 5.27. The molecular weight excluding hydrogens is 374 g/mol. The molecule has 0 unspecified atom stereocenters. The highest BCUT2D eigenvalue weighted by Crippen LogP contribution is 2.31. The summed E-state index contributed by atoms with van der Waals surface area (Å²) >= 11 is 2.99. The minimum atomic E-state index is -0.0364. The molecule has 4 aromatic rings. The Morgan fingerprint density at radius 2 is 2.00 bits per heavy atom. The molecule has 0 fully saturated rings. The fourth-order valence-electron chi connectivity index (χ4n) is 3.01. The number of nitrogens with one attached hydrogen (secondary N) is 1. The number of carbonyl (C=O) groups excluding carboxylic acids is 1. The third-order valence-corrected chi connectivity index (χ3v) is 6.12. The molecule has 136 valence electrons. The van der Waals surface area contributed by atoms with Gasteiger partial charge in [0.2, 0.25) is 5.91 Å². The predicted octanol–water partition coefficient (Wildman–Crippen LogP) is 5.19. The molecule has 0 aliphatic rings. The zero-order chi connectivity index (χ0) is 18.6. The number of thiazole rings is 1. The fraction of sp³-hybridized carbons (Fsp3) is 0.143. The topological polar surface area (TPSA) is 46.9 Å². The normalized spacial score (nSPS) is 11.0. The van der Waals surface area contributed by atoms with Crippen LogP contribution >= 0.6 is 23.1 Å². The van der Waals surface area contributed by atoms with Gasteiger partial charge in [0.05, 0.1) is 5.75 Å². The van der Waals surface area contributed by atoms with E-state index in [0.717, 1.165) is 11.4 Å². The molecule has 2 aromatic carbocycles. The summed E-state index contributed by atoms with van der Waals surface area (Å²) in [6.45, 7) is 2.96. The largest absolute Gasteiger partial charge is 0.342 e. The van der Waals surface area contributed by atoms with E-state index in [-0.39, 0.29) is 5.91 Å². The lowest BCUT2D eigenvalue weighted by atomic mass is 10.1. The van der Waals surface area contributed by atoms with Crippen LogP contribution in [0.2, 0.25) is 0 Å². The summed E-state index contributed by atoms with van der Waals surface area (Å²) in [4.78, 5) is 17.4.